The summed E-state index contributed by atoms with van der Waals surface area (Å²) < 4.78 is 0. The Balaban J connectivity index is 2.21. The molecule has 112 valence electrons. The Kier molecular flexibility index (Phi) is 4.47. The number of benzene rings is 1. The molecule has 1 aromatic carbocycles. The van der Waals surface area contributed by atoms with E-state index in [9.17, 15) is 4.79 Å². The van der Waals surface area contributed by atoms with Crippen LogP contribution in [0.15, 0.2) is 23.7 Å². The lowest BCUT2D eigenvalue weighted by molar-refractivity contribution is 0.0827. The first kappa shape index (κ1) is 15.3. The van der Waals surface area contributed by atoms with Crippen molar-refractivity contribution in [3.05, 3.63) is 39.8 Å². The molecule has 2 aromatic rings. The molecular weight excluding hydrogens is 284 g/mol. The molecule has 0 fully saturated rings. The van der Waals surface area contributed by atoms with Gasteiger partial charge < -0.3 is 15.5 Å². The van der Waals surface area contributed by atoms with E-state index in [0.717, 1.165) is 17.9 Å². The van der Waals surface area contributed by atoms with Crippen molar-refractivity contribution in [1.82, 2.24) is 9.88 Å². The van der Waals surface area contributed by atoms with Crippen LogP contribution in [0.25, 0.3) is 0 Å². The van der Waals surface area contributed by atoms with Gasteiger partial charge in [0.2, 0.25) is 0 Å². The minimum Gasteiger partial charge on any atom is -0.397 e. The topological polar surface area (TPSA) is 62.5 Å². The van der Waals surface area contributed by atoms with Gasteiger partial charge in [-0.05, 0) is 25.1 Å². The Bertz CT molecular complexity index is 651. The zero-order chi connectivity index (χ0) is 15.6. The number of nitrogens with two attached hydrogens (primary N) is 1. The number of carbonyl (C=O) groups is 1. The number of nitrogen functional groups attached to an aromatic ring is 1. The van der Waals surface area contributed by atoms with E-state index in [4.69, 9.17) is 5.73 Å². The molecule has 1 heterocycles. The van der Waals surface area contributed by atoms with Crippen molar-refractivity contribution in [3.8, 4) is 0 Å². The average molecular weight is 304 g/mol. The molecular formula is C15H20N4OS. The number of carbonyl (C=O) groups excluding carboxylic acids is 1. The standard InChI is InChI=1S/C15H20N4OS/c1-10-14(21-9-17-10)8-19(4)13-6-5-11(7-12(13)16)15(20)18(2)3/h5-7,9H,8,16H2,1-4H3. The number of anilines is 2. The van der Waals surface area contributed by atoms with Gasteiger partial charge in [-0.15, -0.1) is 11.3 Å². The summed E-state index contributed by atoms with van der Waals surface area (Å²) in [5.41, 5.74) is 11.1. The van der Waals surface area contributed by atoms with Crippen LogP contribution in [0.1, 0.15) is 20.9 Å². The van der Waals surface area contributed by atoms with Crippen LogP contribution in [-0.4, -0.2) is 36.9 Å². The van der Waals surface area contributed by atoms with Crippen molar-refractivity contribution in [3.63, 3.8) is 0 Å². The lowest BCUT2D eigenvalue weighted by Crippen LogP contribution is -2.22. The number of amides is 1. The predicted octanol–water partition coefficient (Wildman–Crippen LogP) is 2.37. The van der Waals surface area contributed by atoms with E-state index >= 15 is 0 Å². The molecule has 1 aromatic heterocycles. The van der Waals surface area contributed by atoms with Crippen LogP contribution < -0.4 is 10.6 Å². The van der Waals surface area contributed by atoms with Gasteiger partial charge in [-0.2, -0.15) is 0 Å². The second-order valence-corrected chi connectivity index (χ2v) is 6.13. The summed E-state index contributed by atoms with van der Waals surface area (Å²) in [6.07, 6.45) is 0. The van der Waals surface area contributed by atoms with Crippen LogP contribution in [0.2, 0.25) is 0 Å². The van der Waals surface area contributed by atoms with Crippen molar-refractivity contribution < 1.29 is 4.79 Å². The maximum atomic E-state index is 11.9. The quantitative estimate of drug-likeness (QED) is 0.881. The Morgan fingerprint density at radius 1 is 1.33 bits per heavy atom. The third-order valence-corrected chi connectivity index (χ3v) is 4.24. The van der Waals surface area contributed by atoms with E-state index in [-0.39, 0.29) is 5.91 Å². The first-order valence-electron chi connectivity index (χ1n) is 6.61. The number of rotatable bonds is 4. The number of thiazole rings is 1. The number of aromatic nitrogens is 1. The van der Waals surface area contributed by atoms with Crippen molar-refractivity contribution in [1.29, 1.82) is 0 Å². The normalized spacial score (nSPS) is 10.5. The highest BCUT2D eigenvalue weighted by atomic mass is 32.1. The Hall–Kier alpha value is -2.08. The monoisotopic (exact) mass is 304 g/mol. The van der Waals surface area contributed by atoms with Gasteiger partial charge in [0.15, 0.2) is 0 Å². The molecule has 0 aliphatic rings. The highest BCUT2D eigenvalue weighted by Crippen LogP contribution is 2.26. The van der Waals surface area contributed by atoms with Gasteiger partial charge >= 0.3 is 0 Å². The van der Waals surface area contributed by atoms with Gasteiger partial charge in [0.25, 0.3) is 5.91 Å². The zero-order valence-electron chi connectivity index (χ0n) is 12.8. The van der Waals surface area contributed by atoms with E-state index in [0.29, 0.717) is 11.3 Å². The van der Waals surface area contributed by atoms with Gasteiger partial charge in [0.1, 0.15) is 0 Å². The van der Waals surface area contributed by atoms with Gasteiger partial charge in [-0.25, -0.2) is 4.98 Å². The predicted molar refractivity (Wildman–Crippen MR) is 87.8 cm³/mol. The molecule has 0 spiro atoms. The van der Waals surface area contributed by atoms with Crippen LogP contribution in [0.5, 0.6) is 0 Å². The highest BCUT2D eigenvalue weighted by Gasteiger charge is 2.13. The van der Waals surface area contributed by atoms with E-state index < -0.39 is 0 Å². The number of hydrogen-bond donors (Lipinski definition) is 1. The van der Waals surface area contributed by atoms with Gasteiger partial charge in [-0.1, -0.05) is 0 Å². The van der Waals surface area contributed by atoms with Crippen molar-refractivity contribution in [2.45, 2.75) is 13.5 Å². The molecule has 6 heteroatoms. The molecule has 0 saturated heterocycles. The summed E-state index contributed by atoms with van der Waals surface area (Å²) in [7, 11) is 5.44. The van der Waals surface area contributed by atoms with Gasteiger partial charge in [0, 0.05) is 31.6 Å². The summed E-state index contributed by atoms with van der Waals surface area (Å²) in [6, 6.07) is 5.43. The summed E-state index contributed by atoms with van der Waals surface area (Å²) >= 11 is 1.64. The van der Waals surface area contributed by atoms with E-state index in [2.05, 4.69) is 9.88 Å². The molecule has 0 aliphatic heterocycles. The first-order valence-corrected chi connectivity index (χ1v) is 7.49. The summed E-state index contributed by atoms with van der Waals surface area (Å²) in [5, 5.41) is 0. The van der Waals surface area contributed by atoms with E-state index in [1.165, 1.54) is 4.88 Å². The van der Waals surface area contributed by atoms with E-state index in [1.807, 2.05) is 31.6 Å². The minimum absolute atomic E-state index is 0.0470. The lowest BCUT2D eigenvalue weighted by Gasteiger charge is -2.21. The number of nitrogens with zero attached hydrogens (tertiary/aromatic N) is 3. The second kappa shape index (κ2) is 6.13. The van der Waals surface area contributed by atoms with Crippen molar-refractivity contribution in [2.75, 3.05) is 31.8 Å². The molecule has 1 amide bonds. The van der Waals surface area contributed by atoms with Gasteiger partial charge in [-0.3, -0.25) is 4.79 Å². The lowest BCUT2D eigenvalue weighted by atomic mass is 10.1. The minimum atomic E-state index is -0.0470. The molecule has 2 rings (SSSR count). The molecule has 0 atom stereocenters. The maximum Gasteiger partial charge on any atom is 0.253 e. The molecule has 2 N–H and O–H groups in total. The van der Waals surface area contributed by atoms with E-state index in [1.54, 1.807) is 36.4 Å². The Morgan fingerprint density at radius 3 is 2.57 bits per heavy atom. The molecule has 0 bridgehead atoms. The fourth-order valence-electron chi connectivity index (χ4n) is 2.07. The van der Waals surface area contributed by atoms with Crippen LogP contribution in [0, 0.1) is 6.92 Å². The zero-order valence-corrected chi connectivity index (χ0v) is 13.6. The third-order valence-electron chi connectivity index (χ3n) is 3.32. The number of hydrogen-bond acceptors (Lipinski definition) is 5. The van der Waals surface area contributed by atoms with Crippen LogP contribution in [0.3, 0.4) is 0 Å². The molecule has 5 nitrogen and oxygen atoms in total. The van der Waals surface area contributed by atoms with Crippen molar-refractivity contribution >= 4 is 28.6 Å². The van der Waals surface area contributed by atoms with Crippen LogP contribution >= 0.6 is 11.3 Å². The molecule has 21 heavy (non-hydrogen) atoms. The van der Waals surface area contributed by atoms with Crippen molar-refractivity contribution in [2.24, 2.45) is 0 Å². The van der Waals surface area contributed by atoms with Gasteiger partial charge in [0.05, 0.1) is 29.1 Å². The molecule has 0 unspecified atom stereocenters. The molecule has 0 saturated carbocycles. The summed E-state index contributed by atoms with van der Waals surface area (Å²) in [5.74, 6) is -0.0470. The Labute approximate surface area is 129 Å². The fraction of sp³-hybridized carbons (Fsp3) is 0.333. The van der Waals surface area contributed by atoms with Crippen LogP contribution in [0.4, 0.5) is 11.4 Å². The first-order chi connectivity index (χ1) is 9.90. The van der Waals surface area contributed by atoms with Crippen LogP contribution in [-0.2, 0) is 6.54 Å². The fourth-order valence-corrected chi connectivity index (χ4v) is 2.90. The SMILES string of the molecule is Cc1ncsc1CN(C)c1ccc(C(=O)N(C)C)cc1N. The smallest absolute Gasteiger partial charge is 0.253 e. The largest absolute Gasteiger partial charge is 0.397 e. The highest BCUT2D eigenvalue weighted by molar-refractivity contribution is 7.09. The summed E-state index contributed by atoms with van der Waals surface area (Å²) in [6.45, 7) is 2.75. The third kappa shape index (κ3) is 3.33. The summed E-state index contributed by atoms with van der Waals surface area (Å²) in [4.78, 5) is 21.0. The molecule has 0 radical (unpaired) electrons. The maximum absolute atomic E-state index is 11.9. The second-order valence-electron chi connectivity index (χ2n) is 5.19. The average Bonchev–Trinajstić information content (AvgIpc) is 2.83. The number of aryl methyl sites for hydroxylation is 1. The molecule has 0 aliphatic carbocycles. The Morgan fingerprint density at radius 2 is 2.05 bits per heavy atom.